The van der Waals surface area contributed by atoms with Crippen LogP contribution in [0.4, 0.5) is 0 Å². The van der Waals surface area contributed by atoms with Crippen molar-refractivity contribution in [3.05, 3.63) is 89.2 Å². The first-order valence-electron chi connectivity index (χ1n) is 13.4. The quantitative estimate of drug-likeness (QED) is 0.377. The zero-order valence-electron chi connectivity index (χ0n) is 21.4. The summed E-state index contributed by atoms with van der Waals surface area (Å²) in [6.07, 6.45) is 2.82. The number of aromatic nitrogens is 1. The zero-order valence-corrected chi connectivity index (χ0v) is 22.3. The number of amides is 2. The molecule has 0 spiro atoms. The van der Waals surface area contributed by atoms with Crippen LogP contribution in [0.15, 0.2) is 66.9 Å². The fourth-order valence-corrected chi connectivity index (χ4v) is 6.45. The number of hydrogen-bond donors (Lipinski definition) is 2. The van der Waals surface area contributed by atoms with Gasteiger partial charge in [0.25, 0.3) is 0 Å². The highest BCUT2D eigenvalue weighted by Gasteiger charge is 2.39. The number of piperidine rings is 1. The Morgan fingerprint density at radius 2 is 1.66 bits per heavy atom. The number of piperazine rings is 1. The van der Waals surface area contributed by atoms with E-state index < -0.39 is 0 Å². The van der Waals surface area contributed by atoms with Crippen LogP contribution in [0.5, 0.6) is 0 Å². The van der Waals surface area contributed by atoms with Gasteiger partial charge in [0.05, 0.1) is 17.1 Å². The van der Waals surface area contributed by atoms with Crippen LogP contribution in [0.25, 0.3) is 11.1 Å². The van der Waals surface area contributed by atoms with Crippen molar-refractivity contribution in [1.29, 1.82) is 0 Å². The Morgan fingerprint density at radius 1 is 0.895 bits per heavy atom. The SMILES string of the molecule is O=C1CCC(N2Cc3c(CN4CCN(Cc5ncccc5-c5ccccc5)CC4)cccc3C2S)C(=O)N1. The maximum atomic E-state index is 12.5. The summed E-state index contributed by atoms with van der Waals surface area (Å²) in [6.45, 7) is 6.42. The van der Waals surface area contributed by atoms with Crippen LogP contribution in [0.3, 0.4) is 0 Å². The third-order valence-corrected chi connectivity index (χ3v) is 8.63. The lowest BCUT2D eigenvalue weighted by Gasteiger charge is -2.35. The summed E-state index contributed by atoms with van der Waals surface area (Å²) in [5.41, 5.74) is 7.30. The molecular weight excluding hydrogens is 494 g/mol. The molecule has 38 heavy (non-hydrogen) atoms. The molecule has 2 saturated heterocycles. The van der Waals surface area contributed by atoms with Gasteiger partial charge in [-0.25, -0.2) is 0 Å². The highest BCUT2D eigenvalue weighted by molar-refractivity contribution is 7.80. The number of thiol groups is 1. The fraction of sp³-hybridized carbons (Fsp3) is 0.367. The number of fused-ring (bicyclic) bond motifs is 1. The standard InChI is InChI=1S/C30H33N5O2S/c36-28-12-11-27(29(37)32-28)35-19-25-22(8-4-9-24(25)30(35)38)18-33-14-16-34(17-15-33)20-26-23(10-5-13-31-26)21-6-2-1-3-7-21/h1-10,13,27,30,38H,11-12,14-20H2,(H,32,36,37). The van der Waals surface area contributed by atoms with E-state index in [-0.39, 0.29) is 23.2 Å². The van der Waals surface area contributed by atoms with Crippen molar-refractivity contribution >= 4 is 24.4 Å². The van der Waals surface area contributed by atoms with Crippen LogP contribution in [-0.4, -0.2) is 63.7 Å². The topological polar surface area (TPSA) is 68.8 Å². The molecule has 2 aromatic carbocycles. The second-order valence-corrected chi connectivity index (χ2v) is 10.9. The highest BCUT2D eigenvalue weighted by atomic mass is 32.1. The van der Waals surface area contributed by atoms with Crippen molar-refractivity contribution in [2.45, 2.75) is 43.9 Å². The molecule has 2 unspecified atom stereocenters. The molecule has 3 aromatic rings. The van der Waals surface area contributed by atoms with E-state index in [0.717, 1.165) is 45.0 Å². The lowest BCUT2D eigenvalue weighted by Crippen LogP contribution is -2.51. The predicted molar refractivity (Wildman–Crippen MR) is 150 cm³/mol. The number of benzene rings is 2. The van der Waals surface area contributed by atoms with E-state index in [4.69, 9.17) is 17.6 Å². The van der Waals surface area contributed by atoms with Gasteiger partial charge >= 0.3 is 0 Å². The molecule has 3 aliphatic heterocycles. The molecule has 3 aliphatic rings. The van der Waals surface area contributed by atoms with E-state index in [1.165, 1.54) is 27.8 Å². The molecular formula is C30H33N5O2S. The van der Waals surface area contributed by atoms with E-state index in [1.807, 2.05) is 18.3 Å². The summed E-state index contributed by atoms with van der Waals surface area (Å²) < 4.78 is 0. The van der Waals surface area contributed by atoms with E-state index in [9.17, 15) is 9.59 Å². The highest BCUT2D eigenvalue weighted by Crippen LogP contribution is 2.41. The van der Waals surface area contributed by atoms with Gasteiger partial charge < -0.3 is 0 Å². The molecule has 0 bridgehead atoms. The average Bonchev–Trinajstić information content (AvgIpc) is 3.27. The minimum Gasteiger partial charge on any atom is -0.297 e. The van der Waals surface area contributed by atoms with Crippen LogP contribution in [0, 0.1) is 0 Å². The first-order valence-corrected chi connectivity index (χ1v) is 13.9. The van der Waals surface area contributed by atoms with Gasteiger partial charge in [-0.2, -0.15) is 12.6 Å². The van der Waals surface area contributed by atoms with Crippen molar-refractivity contribution in [3.8, 4) is 11.1 Å². The van der Waals surface area contributed by atoms with Crippen LogP contribution < -0.4 is 5.32 Å². The molecule has 1 aromatic heterocycles. The fourth-order valence-electron chi connectivity index (χ4n) is 5.97. The molecule has 6 rings (SSSR count). The maximum Gasteiger partial charge on any atom is 0.243 e. The minimum atomic E-state index is -0.314. The number of nitrogens with one attached hydrogen (secondary N) is 1. The second-order valence-electron chi connectivity index (χ2n) is 10.4. The molecule has 4 heterocycles. The number of imide groups is 1. The van der Waals surface area contributed by atoms with E-state index >= 15 is 0 Å². The third-order valence-electron chi connectivity index (χ3n) is 8.06. The van der Waals surface area contributed by atoms with Gasteiger partial charge in [-0.1, -0.05) is 54.6 Å². The lowest BCUT2D eigenvalue weighted by atomic mass is 10.0. The van der Waals surface area contributed by atoms with Crippen LogP contribution in [0.2, 0.25) is 0 Å². The normalized spacial score (nSPS) is 22.9. The lowest BCUT2D eigenvalue weighted by molar-refractivity contribution is -0.137. The largest absolute Gasteiger partial charge is 0.297 e. The number of rotatable bonds is 6. The zero-order chi connectivity index (χ0) is 26.1. The van der Waals surface area contributed by atoms with Crippen LogP contribution >= 0.6 is 12.6 Å². The van der Waals surface area contributed by atoms with Crippen molar-refractivity contribution in [1.82, 2.24) is 25.0 Å². The molecule has 0 aliphatic carbocycles. The first kappa shape index (κ1) is 25.2. The molecule has 0 radical (unpaired) electrons. The maximum absolute atomic E-state index is 12.5. The second kappa shape index (κ2) is 11.0. The summed E-state index contributed by atoms with van der Waals surface area (Å²) in [4.78, 5) is 36.0. The van der Waals surface area contributed by atoms with Gasteiger partial charge in [-0.15, -0.1) is 0 Å². The molecule has 2 atom stereocenters. The van der Waals surface area contributed by atoms with Gasteiger partial charge in [0.15, 0.2) is 0 Å². The van der Waals surface area contributed by atoms with Crippen molar-refractivity contribution in [2.75, 3.05) is 26.2 Å². The Morgan fingerprint density at radius 3 is 2.42 bits per heavy atom. The number of nitrogens with zero attached hydrogens (tertiary/aromatic N) is 4. The molecule has 1 N–H and O–H groups in total. The van der Waals surface area contributed by atoms with Gasteiger partial charge in [-0.3, -0.25) is 34.6 Å². The predicted octanol–water partition coefficient (Wildman–Crippen LogP) is 3.62. The number of hydrogen-bond acceptors (Lipinski definition) is 7. The van der Waals surface area contributed by atoms with Gasteiger partial charge in [-0.05, 0) is 34.7 Å². The Hall–Kier alpha value is -3.04. The molecule has 2 amide bonds. The van der Waals surface area contributed by atoms with Gasteiger partial charge in [0.2, 0.25) is 11.8 Å². The van der Waals surface area contributed by atoms with E-state index in [0.29, 0.717) is 19.4 Å². The number of carbonyl (C=O) groups is 2. The minimum absolute atomic E-state index is 0.136. The van der Waals surface area contributed by atoms with Crippen molar-refractivity contribution < 1.29 is 9.59 Å². The summed E-state index contributed by atoms with van der Waals surface area (Å²) in [7, 11) is 0. The average molecular weight is 528 g/mol. The van der Waals surface area contributed by atoms with Gasteiger partial charge in [0, 0.05) is 64.0 Å². The van der Waals surface area contributed by atoms with Crippen LogP contribution in [-0.2, 0) is 29.2 Å². The summed E-state index contributed by atoms with van der Waals surface area (Å²) >= 11 is 4.88. The molecule has 2 fully saturated rings. The Labute approximate surface area is 229 Å². The summed E-state index contributed by atoms with van der Waals surface area (Å²) in [5.74, 6) is -0.382. The Balaban J connectivity index is 1.09. The summed E-state index contributed by atoms with van der Waals surface area (Å²) in [5, 5.41) is 2.36. The molecule has 8 heteroatoms. The third kappa shape index (κ3) is 5.14. The van der Waals surface area contributed by atoms with Gasteiger partial charge in [0.1, 0.15) is 0 Å². The number of pyridine rings is 1. The molecule has 196 valence electrons. The van der Waals surface area contributed by atoms with Crippen LogP contribution in [0.1, 0.15) is 40.6 Å². The Bertz CT molecular complexity index is 1330. The smallest absolute Gasteiger partial charge is 0.243 e. The van der Waals surface area contributed by atoms with Crippen molar-refractivity contribution in [2.24, 2.45) is 0 Å². The summed E-state index contributed by atoms with van der Waals surface area (Å²) in [6, 6.07) is 20.8. The number of carbonyl (C=O) groups excluding carboxylic acids is 2. The van der Waals surface area contributed by atoms with E-state index in [1.54, 1.807) is 0 Å². The van der Waals surface area contributed by atoms with Crippen molar-refractivity contribution in [3.63, 3.8) is 0 Å². The molecule has 7 nitrogen and oxygen atoms in total. The first-order chi connectivity index (χ1) is 18.6. The monoisotopic (exact) mass is 527 g/mol. The van der Waals surface area contributed by atoms with E-state index in [2.05, 4.69) is 68.5 Å². The Kier molecular flexibility index (Phi) is 7.30. The molecule has 0 saturated carbocycles.